The van der Waals surface area contributed by atoms with E-state index < -0.39 is 0 Å². The first-order chi connectivity index (χ1) is 9.75. The van der Waals surface area contributed by atoms with E-state index in [2.05, 4.69) is 5.10 Å². The van der Waals surface area contributed by atoms with Gasteiger partial charge in [-0.1, -0.05) is 41.4 Å². The molecule has 5 heteroatoms. The van der Waals surface area contributed by atoms with E-state index in [1.165, 1.54) is 0 Å². The number of halogens is 2. The SMILES string of the molecule is Clc1ccccc1-c1cnn2c(Cl)c3c(nc12)CCC3. The number of aryl methyl sites for hydroxylation is 1. The van der Waals surface area contributed by atoms with E-state index in [1.54, 1.807) is 10.7 Å². The molecule has 1 aromatic carbocycles. The molecule has 0 radical (unpaired) electrons. The highest BCUT2D eigenvalue weighted by molar-refractivity contribution is 6.33. The van der Waals surface area contributed by atoms with Crippen LogP contribution in [0.3, 0.4) is 0 Å². The molecule has 3 aromatic rings. The topological polar surface area (TPSA) is 30.2 Å². The molecule has 0 N–H and O–H groups in total. The first-order valence-corrected chi connectivity index (χ1v) is 7.31. The molecule has 0 atom stereocenters. The predicted octanol–water partition coefficient (Wildman–Crippen LogP) is 4.19. The van der Waals surface area contributed by atoms with Crippen LogP contribution in [0.25, 0.3) is 16.8 Å². The quantitative estimate of drug-likeness (QED) is 0.631. The minimum atomic E-state index is 0.681. The fourth-order valence-corrected chi connectivity index (χ4v) is 3.36. The van der Waals surface area contributed by atoms with Gasteiger partial charge in [0, 0.05) is 27.4 Å². The van der Waals surface area contributed by atoms with Crippen molar-refractivity contribution in [1.29, 1.82) is 0 Å². The third-order valence-electron chi connectivity index (χ3n) is 3.77. The first kappa shape index (κ1) is 12.2. The zero-order valence-corrected chi connectivity index (χ0v) is 12.1. The molecule has 2 heterocycles. The fraction of sp³-hybridized carbons (Fsp3) is 0.200. The Kier molecular flexibility index (Phi) is 2.72. The standard InChI is InChI=1S/C15H11Cl2N3/c16-12-6-2-1-4-9(12)11-8-18-20-14(17)10-5-3-7-13(10)19-15(11)20/h1-2,4,6,8H,3,5,7H2. The molecular formula is C15H11Cl2N3. The average molecular weight is 304 g/mol. The lowest BCUT2D eigenvalue weighted by Gasteiger charge is -2.06. The Morgan fingerprint density at radius 3 is 2.75 bits per heavy atom. The summed E-state index contributed by atoms with van der Waals surface area (Å²) >= 11 is 12.7. The summed E-state index contributed by atoms with van der Waals surface area (Å²) in [7, 11) is 0. The van der Waals surface area contributed by atoms with Gasteiger partial charge in [-0.05, 0) is 25.3 Å². The number of hydrogen-bond donors (Lipinski definition) is 0. The molecule has 0 spiro atoms. The van der Waals surface area contributed by atoms with Crippen LogP contribution in [0.4, 0.5) is 0 Å². The van der Waals surface area contributed by atoms with Gasteiger partial charge in [0.15, 0.2) is 5.65 Å². The van der Waals surface area contributed by atoms with Crippen molar-refractivity contribution in [2.24, 2.45) is 0 Å². The summed E-state index contributed by atoms with van der Waals surface area (Å²) in [6, 6.07) is 7.72. The van der Waals surface area contributed by atoms with Crippen molar-refractivity contribution in [3.05, 3.63) is 51.9 Å². The molecule has 0 unspecified atom stereocenters. The van der Waals surface area contributed by atoms with Gasteiger partial charge in [0.25, 0.3) is 0 Å². The molecule has 20 heavy (non-hydrogen) atoms. The molecule has 1 aliphatic carbocycles. The van der Waals surface area contributed by atoms with Crippen LogP contribution in [-0.4, -0.2) is 14.6 Å². The molecule has 0 fully saturated rings. The summed E-state index contributed by atoms with van der Waals surface area (Å²) < 4.78 is 1.71. The van der Waals surface area contributed by atoms with E-state index in [-0.39, 0.29) is 0 Å². The van der Waals surface area contributed by atoms with Crippen LogP contribution in [0.15, 0.2) is 30.5 Å². The summed E-state index contributed by atoms with van der Waals surface area (Å²) in [4.78, 5) is 4.75. The van der Waals surface area contributed by atoms with Gasteiger partial charge in [0.05, 0.1) is 6.20 Å². The van der Waals surface area contributed by atoms with Crippen molar-refractivity contribution in [1.82, 2.24) is 14.6 Å². The Balaban J connectivity index is 2.03. The molecular weight excluding hydrogens is 293 g/mol. The lowest BCUT2D eigenvalue weighted by molar-refractivity contribution is 0.900. The van der Waals surface area contributed by atoms with Gasteiger partial charge in [-0.3, -0.25) is 0 Å². The highest BCUT2D eigenvalue weighted by Crippen LogP contribution is 2.34. The van der Waals surface area contributed by atoms with Gasteiger partial charge in [0.2, 0.25) is 0 Å². The largest absolute Gasteiger partial charge is 0.233 e. The summed E-state index contributed by atoms with van der Waals surface area (Å²) in [6.45, 7) is 0. The predicted molar refractivity (Wildman–Crippen MR) is 80.5 cm³/mol. The Morgan fingerprint density at radius 1 is 1.05 bits per heavy atom. The summed E-state index contributed by atoms with van der Waals surface area (Å²) in [5, 5.41) is 5.75. The van der Waals surface area contributed by atoms with Crippen molar-refractivity contribution < 1.29 is 0 Å². The maximum absolute atomic E-state index is 6.46. The molecule has 100 valence electrons. The summed E-state index contributed by atoms with van der Waals surface area (Å²) in [6.07, 6.45) is 4.86. The van der Waals surface area contributed by atoms with E-state index in [1.807, 2.05) is 24.3 Å². The zero-order valence-electron chi connectivity index (χ0n) is 10.6. The van der Waals surface area contributed by atoms with Crippen molar-refractivity contribution in [2.45, 2.75) is 19.3 Å². The second-order valence-electron chi connectivity index (χ2n) is 4.95. The molecule has 0 saturated carbocycles. The van der Waals surface area contributed by atoms with Crippen molar-refractivity contribution >= 4 is 28.8 Å². The molecule has 0 amide bonds. The van der Waals surface area contributed by atoms with Gasteiger partial charge in [0.1, 0.15) is 5.15 Å². The Morgan fingerprint density at radius 2 is 1.90 bits per heavy atom. The maximum atomic E-state index is 6.46. The van der Waals surface area contributed by atoms with Crippen LogP contribution < -0.4 is 0 Å². The molecule has 0 bridgehead atoms. The van der Waals surface area contributed by atoms with Crippen LogP contribution in [0.5, 0.6) is 0 Å². The van der Waals surface area contributed by atoms with E-state index >= 15 is 0 Å². The molecule has 4 rings (SSSR count). The van der Waals surface area contributed by atoms with Gasteiger partial charge < -0.3 is 0 Å². The molecule has 1 aliphatic rings. The van der Waals surface area contributed by atoms with Gasteiger partial charge in [-0.2, -0.15) is 5.10 Å². The molecule has 0 saturated heterocycles. The second-order valence-corrected chi connectivity index (χ2v) is 5.72. The molecule has 2 aromatic heterocycles. The highest BCUT2D eigenvalue weighted by Gasteiger charge is 2.21. The number of aromatic nitrogens is 3. The summed E-state index contributed by atoms with van der Waals surface area (Å²) in [5.74, 6) is 0. The van der Waals surface area contributed by atoms with Crippen LogP contribution in [0.2, 0.25) is 10.2 Å². The number of benzene rings is 1. The van der Waals surface area contributed by atoms with Crippen LogP contribution in [0, 0.1) is 0 Å². The van der Waals surface area contributed by atoms with E-state index in [4.69, 9.17) is 28.2 Å². The van der Waals surface area contributed by atoms with Crippen LogP contribution in [0.1, 0.15) is 17.7 Å². The van der Waals surface area contributed by atoms with Crippen molar-refractivity contribution in [2.75, 3.05) is 0 Å². The van der Waals surface area contributed by atoms with E-state index in [0.717, 1.165) is 47.3 Å². The van der Waals surface area contributed by atoms with E-state index in [9.17, 15) is 0 Å². The second kappa shape index (κ2) is 4.47. The molecule has 3 nitrogen and oxygen atoms in total. The van der Waals surface area contributed by atoms with Gasteiger partial charge in [-0.25, -0.2) is 9.50 Å². The van der Waals surface area contributed by atoms with Gasteiger partial charge in [-0.15, -0.1) is 0 Å². The third kappa shape index (κ3) is 1.67. The first-order valence-electron chi connectivity index (χ1n) is 6.55. The highest BCUT2D eigenvalue weighted by atomic mass is 35.5. The minimum absolute atomic E-state index is 0.681. The zero-order chi connectivity index (χ0) is 13.7. The van der Waals surface area contributed by atoms with Crippen LogP contribution >= 0.6 is 23.2 Å². The Labute approximate surface area is 126 Å². The smallest absolute Gasteiger partial charge is 0.164 e. The van der Waals surface area contributed by atoms with Crippen molar-refractivity contribution in [3.63, 3.8) is 0 Å². The Hall–Kier alpha value is -1.58. The number of fused-ring (bicyclic) bond motifs is 2. The van der Waals surface area contributed by atoms with E-state index in [0.29, 0.717) is 10.2 Å². The Bertz CT molecular complexity index is 823. The average Bonchev–Trinajstić information content (AvgIpc) is 3.07. The van der Waals surface area contributed by atoms with Crippen molar-refractivity contribution in [3.8, 4) is 11.1 Å². The molecule has 0 aliphatic heterocycles. The van der Waals surface area contributed by atoms with Gasteiger partial charge >= 0.3 is 0 Å². The van der Waals surface area contributed by atoms with Crippen LogP contribution in [-0.2, 0) is 12.8 Å². The lowest BCUT2D eigenvalue weighted by atomic mass is 10.1. The summed E-state index contributed by atoms with van der Waals surface area (Å²) in [5.41, 5.74) is 4.87. The normalized spacial score (nSPS) is 13.9. The number of nitrogens with zero attached hydrogens (tertiary/aromatic N) is 3. The number of hydrogen-bond acceptors (Lipinski definition) is 2. The lowest BCUT2D eigenvalue weighted by Crippen LogP contribution is -1.99. The number of rotatable bonds is 1. The third-order valence-corrected chi connectivity index (χ3v) is 4.49. The maximum Gasteiger partial charge on any atom is 0.164 e. The minimum Gasteiger partial charge on any atom is -0.233 e. The fourth-order valence-electron chi connectivity index (χ4n) is 2.79. The monoisotopic (exact) mass is 303 g/mol.